The molecule has 2 atom stereocenters. The Kier molecular flexibility index (Phi) is 1.98. The lowest BCUT2D eigenvalue weighted by Gasteiger charge is -2.24. The lowest BCUT2D eigenvalue weighted by Crippen LogP contribution is -2.50. The fraction of sp³-hybridized carbons (Fsp3) is 1.00. The molecule has 0 aromatic carbocycles. The lowest BCUT2D eigenvalue weighted by atomic mass is 10.1. The van der Waals surface area contributed by atoms with Gasteiger partial charge in [0.15, 0.2) is 9.84 Å². The van der Waals surface area contributed by atoms with Gasteiger partial charge in [0.2, 0.25) is 0 Å². The molecule has 10 heavy (non-hydrogen) atoms. The van der Waals surface area contributed by atoms with Crippen LogP contribution in [0.3, 0.4) is 0 Å². The highest BCUT2D eigenvalue weighted by Crippen LogP contribution is 2.08. The van der Waals surface area contributed by atoms with E-state index in [1.807, 2.05) is 0 Å². The van der Waals surface area contributed by atoms with Gasteiger partial charge in [0.25, 0.3) is 0 Å². The maximum absolute atomic E-state index is 10.9. The molecule has 1 rings (SSSR count). The third-order valence-electron chi connectivity index (χ3n) is 1.76. The minimum Gasteiger partial charge on any atom is -0.326 e. The standard InChI is InChI=1S/C5H12N2O2S/c6-4-1-2-10(8,9)3-5(4)7/h4-5H,1-3,6-7H2/t4-,5-/m1/s1. The van der Waals surface area contributed by atoms with Crippen LogP contribution in [0.2, 0.25) is 0 Å². The van der Waals surface area contributed by atoms with Crippen molar-refractivity contribution in [1.82, 2.24) is 0 Å². The highest BCUT2D eigenvalue weighted by molar-refractivity contribution is 7.91. The summed E-state index contributed by atoms with van der Waals surface area (Å²) in [6, 6.07) is -0.498. The van der Waals surface area contributed by atoms with E-state index in [1.54, 1.807) is 0 Å². The number of nitrogens with two attached hydrogens (primary N) is 2. The summed E-state index contributed by atoms with van der Waals surface area (Å²) in [6.45, 7) is 0. The van der Waals surface area contributed by atoms with Gasteiger partial charge in [-0.25, -0.2) is 8.42 Å². The molecule has 1 saturated heterocycles. The maximum atomic E-state index is 10.9. The van der Waals surface area contributed by atoms with Crippen molar-refractivity contribution in [3.05, 3.63) is 0 Å². The van der Waals surface area contributed by atoms with E-state index in [0.29, 0.717) is 6.42 Å². The Bertz CT molecular complexity index is 212. The predicted molar refractivity (Wildman–Crippen MR) is 39.2 cm³/mol. The van der Waals surface area contributed by atoms with Crippen LogP contribution in [0.15, 0.2) is 0 Å². The lowest BCUT2D eigenvalue weighted by molar-refractivity contribution is 0.501. The molecule has 1 aliphatic heterocycles. The van der Waals surface area contributed by atoms with Crippen molar-refractivity contribution in [2.45, 2.75) is 18.5 Å². The maximum Gasteiger partial charge on any atom is 0.151 e. The number of sulfone groups is 1. The summed E-state index contributed by atoms with van der Waals surface area (Å²) in [5.74, 6) is 0.246. The zero-order valence-corrected chi connectivity index (χ0v) is 6.47. The molecule has 0 radical (unpaired) electrons. The van der Waals surface area contributed by atoms with Gasteiger partial charge in [0, 0.05) is 12.1 Å². The number of hydrogen-bond acceptors (Lipinski definition) is 4. The van der Waals surface area contributed by atoms with Crippen LogP contribution in [-0.2, 0) is 9.84 Å². The van der Waals surface area contributed by atoms with Crippen LogP contribution >= 0.6 is 0 Å². The molecule has 0 aromatic rings. The van der Waals surface area contributed by atoms with E-state index in [9.17, 15) is 8.42 Å². The van der Waals surface area contributed by atoms with Gasteiger partial charge in [-0.1, -0.05) is 0 Å². The average Bonchev–Trinajstić information content (AvgIpc) is 1.79. The molecule has 1 heterocycles. The fourth-order valence-corrected chi connectivity index (χ4v) is 2.66. The predicted octanol–water partition coefficient (Wildman–Crippen LogP) is -1.54. The summed E-state index contributed by atoms with van der Waals surface area (Å²) in [5.41, 5.74) is 11.0. The summed E-state index contributed by atoms with van der Waals surface area (Å²) >= 11 is 0. The summed E-state index contributed by atoms with van der Waals surface area (Å²) in [4.78, 5) is 0. The van der Waals surface area contributed by atoms with E-state index >= 15 is 0 Å². The summed E-state index contributed by atoms with van der Waals surface area (Å²) in [6.07, 6.45) is 0.503. The van der Waals surface area contributed by atoms with Crippen molar-refractivity contribution in [3.63, 3.8) is 0 Å². The Balaban J connectivity index is 2.66. The molecular formula is C5H12N2O2S. The SMILES string of the molecule is N[C@@H]1CCS(=O)(=O)C[C@H]1N. The van der Waals surface area contributed by atoms with Crippen LogP contribution in [0.25, 0.3) is 0 Å². The van der Waals surface area contributed by atoms with E-state index in [-0.39, 0.29) is 23.6 Å². The van der Waals surface area contributed by atoms with Gasteiger partial charge in [-0.2, -0.15) is 0 Å². The Morgan fingerprint density at radius 1 is 1.20 bits per heavy atom. The van der Waals surface area contributed by atoms with Crippen molar-refractivity contribution >= 4 is 9.84 Å². The van der Waals surface area contributed by atoms with Crippen molar-refractivity contribution in [2.24, 2.45) is 11.5 Å². The summed E-state index contributed by atoms with van der Waals surface area (Å²) in [5, 5.41) is 0. The van der Waals surface area contributed by atoms with E-state index in [2.05, 4.69) is 0 Å². The molecular weight excluding hydrogens is 152 g/mol. The molecule has 0 aliphatic carbocycles. The van der Waals surface area contributed by atoms with Crippen LogP contribution in [-0.4, -0.2) is 32.0 Å². The van der Waals surface area contributed by atoms with E-state index in [0.717, 1.165) is 0 Å². The van der Waals surface area contributed by atoms with Crippen molar-refractivity contribution in [3.8, 4) is 0 Å². The van der Waals surface area contributed by atoms with Crippen molar-refractivity contribution in [1.29, 1.82) is 0 Å². The first-order chi connectivity index (χ1) is 4.51. The highest BCUT2D eigenvalue weighted by Gasteiger charge is 2.27. The summed E-state index contributed by atoms with van der Waals surface area (Å²) < 4.78 is 21.7. The molecule has 1 fully saturated rings. The van der Waals surface area contributed by atoms with Gasteiger partial charge in [0.05, 0.1) is 11.5 Å². The largest absolute Gasteiger partial charge is 0.326 e. The van der Waals surface area contributed by atoms with Crippen LogP contribution in [0.4, 0.5) is 0 Å². The molecule has 4 nitrogen and oxygen atoms in total. The second kappa shape index (κ2) is 2.48. The van der Waals surface area contributed by atoms with Crippen LogP contribution < -0.4 is 11.5 Å². The van der Waals surface area contributed by atoms with E-state index in [1.165, 1.54) is 0 Å². The topological polar surface area (TPSA) is 86.2 Å². The first-order valence-corrected chi connectivity index (χ1v) is 5.05. The first kappa shape index (κ1) is 7.97. The third-order valence-corrected chi connectivity index (χ3v) is 3.51. The number of hydrogen-bond donors (Lipinski definition) is 2. The van der Waals surface area contributed by atoms with Gasteiger partial charge in [-0.3, -0.25) is 0 Å². The monoisotopic (exact) mass is 164 g/mol. The molecule has 4 N–H and O–H groups in total. The molecule has 1 aliphatic rings. The highest BCUT2D eigenvalue weighted by atomic mass is 32.2. The van der Waals surface area contributed by atoms with Gasteiger partial charge in [0.1, 0.15) is 0 Å². The fourth-order valence-electron chi connectivity index (χ4n) is 1.03. The van der Waals surface area contributed by atoms with E-state index in [4.69, 9.17) is 11.5 Å². The third kappa shape index (κ3) is 1.68. The second-order valence-corrected chi connectivity index (χ2v) is 4.96. The molecule has 0 spiro atoms. The Labute approximate surface area is 60.5 Å². The zero-order valence-electron chi connectivity index (χ0n) is 5.66. The molecule has 0 amide bonds. The van der Waals surface area contributed by atoms with Crippen LogP contribution in [0, 0.1) is 0 Å². The van der Waals surface area contributed by atoms with Gasteiger partial charge < -0.3 is 11.5 Å². The van der Waals surface area contributed by atoms with Crippen LogP contribution in [0.5, 0.6) is 0 Å². The zero-order chi connectivity index (χ0) is 7.78. The van der Waals surface area contributed by atoms with Crippen molar-refractivity contribution < 1.29 is 8.42 Å². The molecule has 60 valence electrons. The molecule has 0 saturated carbocycles. The second-order valence-electron chi connectivity index (χ2n) is 2.73. The average molecular weight is 164 g/mol. The normalized spacial score (nSPS) is 39.4. The van der Waals surface area contributed by atoms with Gasteiger partial charge >= 0.3 is 0 Å². The van der Waals surface area contributed by atoms with Crippen molar-refractivity contribution in [2.75, 3.05) is 11.5 Å². The smallest absolute Gasteiger partial charge is 0.151 e. The van der Waals surface area contributed by atoms with Crippen LogP contribution in [0.1, 0.15) is 6.42 Å². The minimum absolute atomic E-state index is 0.0498. The van der Waals surface area contributed by atoms with Gasteiger partial charge in [-0.15, -0.1) is 0 Å². The Morgan fingerprint density at radius 3 is 2.20 bits per heavy atom. The van der Waals surface area contributed by atoms with Gasteiger partial charge in [-0.05, 0) is 6.42 Å². The Morgan fingerprint density at radius 2 is 1.80 bits per heavy atom. The van der Waals surface area contributed by atoms with E-state index < -0.39 is 9.84 Å². The quantitative estimate of drug-likeness (QED) is 0.454. The molecule has 0 unspecified atom stereocenters. The Hall–Kier alpha value is -0.130. The first-order valence-electron chi connectivity index (χ1n) is 3.23. The number of rotatable bonds is 0. The minimum atomic E-state index is -2.87. The summed E-state index contributed by atoms with van der Waals surface area (Å²) in [7, 11) is -2.87. The molecule has 0 aromatic heterocycles. The molecule has 0 bridgehead atoms. The molecule has 5 heteroatoms.